The van der Waals surface area contributed by atoms with Crippen molar-refractivity contribution in [3.05, 3.63) is 45.7 Å². The number of nitrogens with one attached hydrogen (secondary N) is 1. The Kier molecular flexibility index (Phi) is 4.35. The maximum Gasteiger partial charge on any atom is 0.433 e. The summed E-state index contributed by atoms with van der Waals surface area (Å²) in [6, 6.07) is 2.73. The number of ether oxygens (including phenoxy) is 1. The minimum absolute atomic E-state index is 0.224. The monoisotopic (exact) mass is 307 g/mol. The lowest BCUT2D eigenvalue weighted by molar-refractivity contribution is -0.402. The molecule has 1 aliphatic heterocycles. The van der Waals surface area contributed by atoms with Crippen LogP contribution in [0.15, 0.2) is 39.3 Å². The van der Waals surface area contributed by atoms with Crippen molar-refractivity contribution in [2.24, 2.45) is 10.7 Å². The predicted molar refractivity (Wildman–Crippen MR) is 80.4 cm³/mol. The summed E-state index contributed by atoms with van der Waals surface area (Å²) in [6.45, 7) is 2.20. The first-order valence-electron chi connectivity index (χ1n) is 6.53. The van der Waals surface area contributed by atoms with Gasteiger partial charge in [-0.25, -0.2) is 0 Å². The van der Waals surface area contributed by atoms with Gasteiger partial charge in [-0.05, 0) is 13.0 Å². The molecule has 0 atom stereocenters. The standard InChI is InChI=1S/C13H17N5O4/c1-4-21-13-11(14)12(15-9(16-13)7-17(2)3)8-5-6-10(22-8)18(19)20/h5-7,15H,4,14H2,1-3H3. The zero-order valence-corrected chi connectivity index (χ0v) is 12.5. The molecule has 1 aromatic rings. The van der Waals surface area contributed by atoms with Crippen LogP contribution >= 0.6 is 0 Å². The lowest BCUT2D eigenvalue weighted by atomic mass is 10.2. The third kappa shape index (κ3) is 3.19. The van der Waals surface area contributed by atoms with Crippen LogP contribution in [-0.2, 0) is 4.74 Å². The van der Waals surface area contributed by atoms with Gasteiger partial charge in [0.2, 0.25) is 5.90 Å². The van der Waals surface area contributed by atoms with Crippen molar-refractivity contribution in [3.8, 4) is 0 Å². The van der Waals surface area contributed by atoms with E-state index in [-0.39, 0.29) is 23.2 Å². The zero-order chi connectivity index (χ0) is 16.3. The fraction of sp³-hybridized carbons (Fsp3) is 0.308. The molecule has 0 aromatic carbocycles. The molecule has 0 saturated carbocycles. The van der Waals surface area contributed by atoms with Crippen LogP contribution in [0.5, 0.6) is 0 Å². The van der Waals surface area contributed by atoms with Gasteiger partial charge in [0.05, 0.1) is 12.7 Å². The molecule has 0 radical (unpaired) electrons. The summed E-state index contributed by atoms with van der Waals surface area (Å²) in [5, 5.41) is 13.7. The van der Waals surface area contributed by atoms with Crippen LogP contribution < -0.4 is 11.1 Å². The van der Waals surface area contributed by atoms with Gasteiger partial charge in [-0.15, -0.1) is 0 Å². The van der Waals surface area contributed by atoms with Crippen molar-refractivity contribution in [2.75, 3.05) is 20.7 Å². The third-order valence-corrected chi connectivity index (χ3v) is 2.65. The molecular formula is C13H17N5O4. The highest BCUT2D eigenvalue weighted by Crippen LogP contribution is 2.26. The molecule has 0 spiro atoms. The van der Waals surface area contributed by atoms with E-state index in [9.17, 15) is 10.1 Å². The Morgan fingerprint density at radius 2 is 2.27 bits per heavy atom. The van der Waals surface area contributed by atoms with E-state index in [1.807, 2.05) is 21.0 Å². The van der Waals surface area contributed by atoms with E-state index in [1.54, 1.807) is 11.1 Å². The minimum atomic E-state index is -0.614. The maximum atomic E-state index is 10.7. The van der Waals surface area contributed by atoms with Gasteiger partial charge in [0.1, 0.15) is 16.3 Å². The molecule has 2 rings (SSSR count). The summed E-state index contributed by atoms with van der Waals surface area (Å²) in [5.74, 6) is 0.594. The Balaban J connectivity index is 2.44. The SMILES string of the molecule is CCOC1=NC(=CN(C)C)NC(c2ccc([N+](=O)[O-])o2)=C1N. The highest BCUT2D eigenvalue weighted by Gasteiger charge is 2.24. The highest BCUT2D eigenvalue weighted by molar-refractivity contribution is 6.01. The van der Waals surface area contributed by atoms with Gasteiger partial charge in [-0.3, -0.25) is 10.1 Å². The molecule has 0 aliphatic carbocycles. The first kappa shape index (κ1) is 15.4. The second kappa shape index (κ2) is 6.20. The summed E-state index contributed by atoms with van der Waals surface area (Å²) in [5.41, 5.74) is 6.61. The van der Waals surface area contributed by atoms with Gasteiger partial charge in [0, 0.05) is 20.3 Å². The number of aliphatic imine (C=N–C) groups is 1. The summed E-state index contributed by atoms with van der Waals surface area (Å²) >= 11 is 0. The van der Waals surface area contributed by atoms with Crippen molar-refractivity contribution >= 4 is 17.5 Å². The van der Waals surface area contributed by atoms with E-state index >= 15 is 0 Å². The van der Waals surface area contributed by atoms with E-state index in [1.165, 1.54) is 12.1 Å². The number of furan rings is 1. The van der Waals surface area contributed by atoms with E-state index in [0.29, 0.717) is 18.1 Å². The van der Waals surface area contributed by atoms with E-state index in [0.717, 1.165) is 0 Å². The van der Waals surface area contributed by atoms with Crippen molar-refractivity contribution in [3.63, 3.8) is 0 Å². The molecule has 118 valence electrons. The average Bonchev–Trinajstić information content (AvgIpc) is 2.91. The molecule has 1 aliphatic rings. The van der Waals surface area contributed by atoms with Crippen LogP contribution in [0, 0.1) is 10.1 Å². The number of nitrogens with zero attached hydrogens (tertiary/aromatic N) is 3. The first-order valence-corrected chi connectivity index (χ1v) is 6.53. The smallest absolute Gasteiger partial charge is 0.433 e. The molecule has 0 unspecified atom stereocenters. The topological polar surface area (TPSA) is 119 Å². The first-order chi connectivity index (χ1) is 10.4. The van der Waals surface area contributed by atoms with Crippen LogP contribution in [0.4, 0.5) is 5.88 Å². The summed E-state index contributed by atoms with van der Waals surface area (Å²) in [4.78, 5) is 16.2. The molecular weight excluding hydrogens is 290 g/mol. The van der Waals surface area contributed by atoms with Crippen LogP contribution in [-0.4, -0.2) is 36.4 Å². The van der Waals surface area contributed by atoms with Gasteiger partial charge in [-0.2, -0.15) is 4.99 Å². The van der Waals surface area contributed by atoms with Crippen molar-refractivity contribution in [1.29, 1.82) is 0 Å². The Hall–Kier alpha value is -2.97. The Labute approximate surface area is 126 Å². The van der Waals surface area contributed by atoms with Crippen molar-refractivity contribution in [2.45, 2.75) is 6.92 Å². The number of nitrogens with two attached hydrogens (primary N) is 1. The number of nitro groups is 1. The van der Waals surface area contributed by atoms with E-state index in [2.05, 4.69) is 10.3 Å². The predicted octanol–water partition coefficient (Wildman–Crippen LogP) is 1.21. The lowest BCUT2D eigenvalue weighted by Crippen LogP contribution is -2.29. The number of rotatable bonds is 4. The molecule has 1 aromatic heterocycles. The van der Waals surface area contributed by atoms with Gasteiger partial charge in [0.15, 0.2) is 11.6 Å². The number of hydrogen-bond acceptors (Lipinski definition) is 8. The fourth-order valence-corrected chi connectivity index (χ4v) is 1.81. The fourth-order valence-electron chi connectivity index (χ4n) is 1.81. The molecule has 0 amide bonds. The van der Waals surface area contributed by atoms with E-state index < -0.39 is 4.92 Å². The Morgan fingerprint density at radius 3 is 2.82 bits per heavy atom. The highest BCUT2D eigenvalue weighted by atomic mass is 16.6. The second-order valence-corrected chi connectivity index (χ2v) is 4.64. The quantitative estimate of drug-likeness (QED) is 0.633. The molecule has 9 nitrogen and oxygen atoms in total. The maximum absolute atomic E-state index is 10.7. The molecule has 2 heterocycles. The van der Waals surface area contributed by atoms with Gasteiger partial charge >= 0.3 is 5.88 Å². The van der Waals surface area contributed by atoms with E-state index in [4.69, 9.17) is 14.9 Å². The third-order valence-electron chi connectivity index (χ3n) is 2.65. The summed E-state index contributed by atoms with van der Waals surface area (Å²) in [7, 11) is 3.67. The number of hydrogen-bond donors (Lipinski definition) is 2. The van der Waals surface area contributed by atoms with Crippen molar-refractivity contribution in [1.82, 2.24) is 10.2 Å². The molecule has 0 bridgehead atoms. The Bertz CT molecular complexity index is 672. The van der Waals surface area contributed by atoms with Crippen LogP contribution in [0.1, 0.15) is 12.7 Å². The van der Waals surface area contributed by atoms with Crippen LogP contribution in [0.25, 0.3) is 5.70 Å². The van der Waals surface area contributed by atoms with Crippen LogP contribution in [0.3, 0.4) is 0 Å². The lowest BCUT2D eigenvalue weighted by Gasteiger charge is -2.21. The van der Waals surface area contributed by atoms with Crippen LogP contribution in [0.2, 0.25) is 0 Å². The van der Waals surface area contributed by atoms with Crippen molar-refractivity contribution < 1.29 is 14.1 Å². The largest absolute Gasteiger partial charge is 0.476 e. The summed E-state index contributed by atoms with van der Waals surface area (Å²) < 4.78 is 10.6. The second-order valence-electron chi connectivity index (χ2n) is 4.64. The Morgan fingerprint density at radius 1 is 1.55 bits per heavy atom. The van der Waals surface area contributed by atoms with Gasteiger partial charge in [-0.1, -0.05) is 0 Å². The molecule has 22 heavy (non-hydrogen) atoms. The van der Waals surface area contributed by atoms with Gasteiger partial charge < -0.3 is 25.1 Å². The zero-order valence-electron chi connectivity index (χ0n) is 12.5. The molecule has 0 fully saturated rings. The minimum Gasteiger partial charge on any atom is -0.476 e. The average molecular weight is 307 g/mol. The normalized spacial score (nSPS) is 16.3. The summed E-state index contributed by atoms with van der Waals surface area (Å²) in [6.07, 6.45) is 1.73. The van der Waals surface area contributed by atoms with Gasteiger partial charge in [0.25, 0.3) is 0 Å². The molecule has 9 heteroatoms. The molecule has 0 saturated heterocycles. The molecule has 3 N–H and O–H groups in total.